The Morgan fingerprint density at radius 1 is 1.24 bits per heavy atom. The van der Waals surface area contributed by atoms with E-state index in [1.165, 1.54) is 17.5 Å². The lowest BCUT2D eigenvalue weighted by Gasteiger charge is -2.25. The Kier molecular flexibility index (Phi) is 7.76. The van der Waals surface area contributed by atoms with Gasteiger partial charge in [0.05, 0.1) is 7.11 Å². The molecule has 2 atom stereocenters. The maximum atomic E-state index is 5.54. The van der Waals surface area contributed by atoms with Crippen LogP contribution in [0.15, 0.2) is 18.2 Å². The van der Waals surface area contributed by atoms with Gasteiger partial charge in [-0.3, -0.25) is 4.90 Å². The Hall–Kier alpha value is -1.06. The summed E-state index contributed by atoms with van der Waals surface area (Å²) in [5.41, 5.74) is 2.59. The molecule has 0 fully saturated rings. The Balaban J connectivity index is 2.92. The Morgan fingerprint density at radius 3 is 2.48 bits per heavy atom. The highest BCUT2D eigenvalue weighted by Crippen LogP contribution is 2.25. The minimum Gasteiger partial charge on any atom is -0.496 e. The zero-order chi connectivity index (χ0) is 15.8. The second kappa shape index (κ2) is 9.06. The molecule has 0 aliphatic heterocycles. The molecule has 1 aromatic carbocycles. The number of nitrogens with one attached hydrogen (secondary N) is 1. The van der Waals surface area contributed by atoms with Gasteiger partial charge in [0.15, 0.2) is 0 Å². The van der Waals surface area contributed by atoms with Crippen LogP contribution in [0.3, 0.4) is 0 Å². The molecule has 0 amide bonds. The molecule has 0 saturated heterocycles. The summed E-state index contributed by atoms with van der Waals surface area (Å²) in [6.07, 6.45) is 1.23. The van der Waals surface area contributed by atoms with Crippen molar-refractivity contribution in [2.75, 3.05) is 27.2 Å². The smallest absolute Gasteiger partial charge is 0.123 e. The van der Waals surface area contributed by atoms with E-state index in [9.17, 15) is 0 Å². The van der Waals surface area contributed by atoms with E-state index in [-0.39, 0.29) is 0 Å². The minimum atomic E-state index is 0.360. The number of rotatable bonds is 9. The molecular weight excluding hydrogens is 260 g/mol. The second-order valence-corrected chi connectivity index (χ2v) is 5.92. The molecule has 3 nitrogen and oxygen atoms in total. The topological polar surface area (TPSA) is 24.5 Å². The summed E-state index contributed by atoms with van der Waals surface area (Å²) < 4.78 is 5.54. The van der Waals surface area contributed by atoms with Gasteiger partial charge in [0.25, 0.3) is 0 Å². The van der Waals surface area contributed by atoms with Crippen molar-refractivity contribution in [3.8, 4) is 5.75 Å². The first-order chi connectivity index (χ1) is 10.0. The molecule has 1 N–H and O–H groups in total. The van der Waals surface area contributed by atoms with Crippen molar-refractivity contribution < 1.29 is 4.74 Å². The minimum absolute atomic E-state index is 0.360. The molecule has 0 saturated carbocycles. The third kappa shape index (κ3) is 5.33. The first kappa shape index (κ1) is 18.0. The van der Waals surface area contributed by atoms with Crippen molar-refractivity contribution in [2.45, 2.75) is 46.7 Å². The van der Waals surface area contributed by atoms with Crippen molar-refractivity contribution >= 4 is 0 Å². The maximum absolute atomic E-state index is 5.54. The van der Waals surface area contributed by atoms with Crippen molar-refractivity contribution in [2.24, 2.45) is 5.92 Å². The fourth-order valence-electron chi connectivity index (χ4n) is 2.47. The SMILES string of the molecule is CCC(C)CN(CC)Cc1cc(C(C)NC)ccc1OC. The largest absolute Gasteiger partial charge is 0.496 e. The molecule has 21 heavy (non-hydrogen) atoms. The highest BCUT2D eigenvalue weighted by atomic mass is 16.5. The molecule has 0 aromatic heterocycles. The molecule has 0 aliphatic carbocycles. The maximum Gasteiger partial charge on any atom is 0.123 e. The summed E-state index contributed by atoms with van der Waals surface area (Å²) in [5.74, 6) is 1.72. The van der Waals surface area contributed by atoms with Crippen LogP contribution in [-0.4, -0.2) is 32.1 Å². The van der Waals surface area contributed by atoms with Gasteiger partial charge in [0, 0.05) is 24.7 Å². The predicted octanol–water partition coefficient (Wildman–Crippen LogP) is 3.84. The van der Waals surface area contributed by atoms with Crippen LogP contribution < -0.4 is 10.1 Å². The summed E-state index contributed by atoms with van der Waals surface area (Å²) >= 11 is 0. The zero-order valence-electron chi connectivity index (χ0n) is 14.6. The van der Waals surface area contributed by atoms with E-state index in [1.54, 1.807) is 7.11 Å². The summed E-state index contributed by atoms with van der Waals surface area (Å²) in [4.78, 5) is 2.50. The van der Waals surface area contributed by atoms with E-state index in [1.807, 2.05) is 7.05 Å². The lowest BCUT2D eigenvalue weighted by atomic mass is 10.0. The molecule has 0 heterocycles. The van der Waals surface area contributed by atoms with Gasteiger partial charge in [-0.1, -0.05) is 33.3 Å². The molecule has 1 aromatic rings. The Bertz CT molecular complexity index is 420. The van der Waals surface area contributed by atoms with Crippen molar-refractivity contribution in [3.05, 3.63) is 29.3 Å². The lowest BCUT2D eigenvalue weighted by molar-refractivity contribution is 0.235. The molecule has 1 rings (SSSR count). The third-order valence-electron chi connectivity index (χ3n) is 4.35. The predicted molar refractivity (Wildman–Crippen MR) is 90.9 cm³/mol. The quantitative estimate of drug-likeness (QED) is 0.748. The number of hydrogen-bond donors (Lipinski definition) is 1. The van der Waals surface area contributed by atoms with Gasteiger partial charge in [-0.2, -0.15) is 0 Å². The number of methoxy groups -OCH3 is 1. The van der Waals surface area contributed by atoms with Crippen LogP contribution in [0.1, 0.15) is 51.3 Å². The monoisotopic (exact) mass is 292 g/mol. The van der Waals surface area contributed by atoms with E-state index in [0.717, 1.165) is 31.3 Å². The van der Waals surface area contributed by atoms with Crippen LogP contribution in [0, 0.1) is 5.92 Å². The zero-order valence-corrected chi connectivity index (χ0v) is 14.6. The van der Waals surface area contributed by atoms with Gasteiger partial charge in [-0.25, -0.2) is 0 Å². The van der Waals surface area contributed by atoms with Crippen LogP contribution >= 0.6 is 0 Å². The molecule has 2 unspecified atom stereocenters. The number of nitrogens with zero attached hydrogens (tertiary/aromatic N) is 1. The highest BCUT2D eigenvalue weighted by Gasteiger charge is 2.13. The van der Waals surface area contributed by atoms with Crippen LogP contribution in [0.2, 0.25) is 0 Å². The molecule has 0 spiro atoms. The second-order valence-electron chi connectivity index (χ2n) is 5.92. The first-order valence-electron chi connectivity index (χ1n) is 8.12. The number of hydrogen-bond acceptors (Lipinski definition) is 3. The van der Waals surface area contributed by atoms with Gasteiger partial charge >= 0.3 is 0 Å². The van der Waals surface area contributed by atoms with Crippen molar-refractivity contribution in [1.82, 2.24) is 10.2 Å². The average Bonchev–Trinajstić information content (AvgIpc) is 2.52. The van der Waals surface area contributed by atoms with E-state index in [4.69, 9.17) is 4.74 Å². The fourth-order valence-corrected chi connectivity index (χ4v) is 2.47. The number of benzene rings is 1. The summed E-state index contributed by atoms with van der Waals surface area (Å²) in [5, 5.41) is 3.30. The summed E-state index contributed by atoms with van der Waals surface area (Å²) in [6.45, 7) is 12.2. The molecule has 0 aliphatic rings. The summed E-state index contributed by atoms with van der Waals surface area (Å²) in [7, 11) is 3.75. The van der Waals surface area contributed by atoms with Crippen molar-refractivity contribution in [1.29, 1.82) is 0 Å². The molecule has 0 bridgehead atoms. The summed E-state index contributed by atoms with van der Waals surface area (Å²) in [6, 6.07) is 6.88. The van der Waals surface area contributed by atoms with Gasteiger partial charge < -0.3 is 10.1 Å². The molecule has 0 radical (unpaired) electrons. The average molecular weight is 292 g/mol. The van der Waals surface area contributed by atoms with E-state index in [2.05, 4.69) is 56.1 Å². The van der Waals surface area contributed by atoms with Crippen molar-refractivity contribution in [3.63, 3.8) is 0 Å². The van der Waals surface area contributed by atoms with E-state index < -0.39 is 0 Å². The normalized spacial score (nSPS) is 14.2. The number of ether oxygens (including phenoxy) is 1. The molecular formula is C18H32N2O. The van der Waals surface area contributed by atoms with Gasteiger partial charge in [-0.05, 0) is 44.1 Å². The Labute approximate surface area is 130 Å². The first-order valence-corrected chi connectivity index (χ1v) is 8.12. The van der Waals surface area contributed by atoms with Crippen LogP contribution in [0.5, 0.6) is 5.75 Å². The van der Waals surface area contributed by atoms with Crippen LogP contribution in [0.4, 0.5) is 0 Å². The van der Waals surface area contributed by atoms with E-state index >= 15 is 0 Å². The van der Waals surface area contributed by atoms with Gasteiger partial charge in [0.2, 0.25) is 0 Å². The fraction of sp³-hybridized carbons (Fsp3) is 0.667. The van der Waals surface area contributed by atoms with Gasteiger partial charge in [0.1, 0.15) is 5.75 Å². The van der Waals surface area contributed by atoms with Crippen LogP contribution in [0.25, 0.3) is 0 Å². The standard InChI is InChI=1S/C18H32N2O/c1-7-14(3)12-20(8-2)13-17-11-16(15(4)19-5)9-10-18(17)21-6/h9-11,14-15,19H,7-8,12-13H2,1-6H3. The van der Waals surface area contributed by atoms with Gasteiger partial charge in [-0.15, -0.1) is 0 Å². The third-order valence-corrected chi connectivity index (χ3v) is 4.35. The molecule has 3 heteroatoms. The van der Waals surface area contributed by atoms with E-state index in [0.29, 0.717) is 6.04 Å². The highest BCUT2D eigenvalue weighted by molar-refractivity contribution is 5.38. The van der Waals surface area contributed by atoms with Crippen LogP contribution in [-0.2, 0) is 6.54 Å². The molecule has 120 valence electrons. The Morgan fingerprint density at radius 2 is 1.95 bits per heavy atom. The lowest BCUT2D eigenvalue weighted by Crippen LogP contribution is -2.28.